The van der Waals surface area contributed by atoms with Crippen LogP contribution in [0.5, 0.6) is 0 Å². The Balaban J connectivity index is 2.07. The lowest BCUT2D eigenvalue weighted by atomic mass is 10.0. The second-order valence-corrected chi connectivity index (χ2v) is 9.68. The maximum Gasteiger partial charge on any atom is 0.416 e. The summed E-state index contributed by atoms with van der Waals surface area (Å²) in [6.45, 7) is -0.701. The van der Waals surface area contributed by atoms with Crippen LogP contribution in [0.3, 0.4) is 0 Å². The van der Waals surface area contributed by atoms with Crippen LogP contribution in [0, 0.1) is 5.82 Å². The first kappa shape index (κ1) is 27.0. The predicted octanol–water partition coefficient (Wildman–Crippen LogP) is 5.00. The molecule has 3 rings (SSSR count). The molecule has 14 heteroatoms. The minimum atomic E-state index is -5.08. The number of carbonyl (C=O) groups excluding carboxylic acids is 1. The van der Waals surface area contributed by atoms with Crippen LogP contribution in [-0.4, -0.2) is 42.5 Å². The number of aromatic nitrogens is 2. The summed E-state index contributed by atoms with van der Waals surface area (Å²) in [5.41, 5.74) is -3.90. The number of alkyl halides is 6. The zero-order chi connectivity index (χ0) is 27.1. The van der Waals surface area contributed by atoms with Gasteiger partial charge in [-0.05, 0) is 41.5 Å². The molecule has 3 aromatic rings. The predicted molar refractivity (Wildman–Crippen MR) is 113 cm³/mol. The average molecular weight is 535 g/mol. The number of amides is 1. The molecule has 0 fully saturated rings. The van der Waals surface area contributed by atoms with Gasteiger partial charge in [-0.1, -0.05) is 12.1 Å². The van der Waals surface area contributed by atoms with Gasteiger partial charge in [-0.3, -0.25) is 4.79 Å². The number of benzene rings is 2. The van der Waals surface area contributed by atoms with Crippen molar-refractivity contribution in [1.82, 2.24) is 14.9 Å². The SMILES string of the molecule is CN(Cc1cc(C(F)(F)F)cc(C(F)(F)F)c1)C(=O)c1nc(S(C)(=O)=O)ncc1-c1ccc(F)cc1. The average Bonchev–Trinajstić information content (AvgIpc) is 2.76. The van der Waals surface area contributed by atoms with Crippen LogP contribution in [-0.2, 0) is 28.7 Å². The summed E-state index contributed by atoms with van der Waals surface area (Å²) in [6.07, 6.45) is -8.38. The molecular formula is C22H16F7N3O3S. The molecule has 0 atom stereocenters. The topological polar surface area (TPSA) is 80.2 Å². The third-order valence-electron chi connectivity index (χ3n) is 4.87. The van der Waals surface area contributed by atoms with Crippen molar-refractivity contribution in [2.75, 3.05) is 13.3 Å². The van der Waals surface area contributed by atoms with Crippen molar-refractivity contribution < 1.29 is 43.9 Å². The van der Waals surface area contributed by atoms with E-state index in [-0.39, 0.29) is 17.2 Å². The molecule has 1 amide bonds. The molecular weight excluding hydrogens is 519 g/mol. The smallest absolute Gasteiger partial charge is 0.336 e. The Morgan fingerprint density at radius 1 is 0.944 bits per heavy atom. The van der Waals surface area contributed by atoms with Crippen LogP contribution in [0.1, 0.15) is 27.2 Å². The van der Waals surface area contributed by atoms with E-state index in [4.69, 9.17) is 0 Å². The van der Waals surface area contributed by atoms with Gasteiger partial charge in [0.15, 0.2) is 0 Å². The van der Waals surface area contributed by atoms with E-state index < -0.39 is 68.0 Å². The third-order valence-corrected chi connectivity index (χ3v) is 5.73. The highest BCUT2D eigenvalue weighted by atomic mass is 32.2. The summed E-state index contributed by atoms with van der Waals surface area (Å²) < 4.78 is 116. The van der Waals surface area contributed by atoms with Crippen LogP contribution in [0.2, 0.25) is 0 Å². The van der Waals surface area contributed by atoms with Gasteiger partial charge < -0.3 is 4.90 Å². The molecule has 0 N–H and O–H groups in total. The van der Waals surface area contributed by atoms with Gasteiger partial charge in [-0.15, -0.1) is 0 Å². The van der Waals surface area contributed by atoms with Crippen LogP contribution in [0.4, 0.5) is 30.7 Å². The van der Waals surface area contributed by atoms with Gasteiger partial charge >= 0.3 is 12.4 Å². The number of nitrogens with zero attached hydrogens (tertiary/aromatic N) is 3. The molecule has 0 bridgehead atoms. The normalized spacial score (nSPS) is 12.5. The van der Waals surface area contributed by atoms with E-state index in [1.54, 1.807) is 0 Å². The van der Waals surface area contributed by atoms with Crippen LogP contribution in [0.25, 0.3) is 11.1 Å². The van der Waals surface area contributed by atoms with Gasteiger partial charge in [-0.25, -0.2) is 22.8 Å². The second-order valence-electron chi connectivity index (χ2n) is 7.77. The van der Waals surface area contributed by atoms with Crippen LogP contribution >= 0.6 is 0 Å². The van der Waals surface area contributed by atoms with E-state index >= 15 is 0 Å². The molecule has 0 saturated heterocycles. The molecule has 0 spiro atoms. The largest absolute Gasteiger partial charge is 0.416 e. The third kappa shape index (κ3) is 6.17. The van der Waals surface area contributed by atoms with Gasteiger partial charge in [0.05, 0.1) is 11.1 Å². The highest BCUT2D eigenvalue weighted by Gasteiger charge is 2.37. The Kier molecular flexibility index (Phi) is 7.12. The fourth-order valence-corrected chi connectivity index (χ4v) is 3.69. The summed E-state index contributed by atoms with van der Waals surface area (Å²) in [7, 11) is -2.91. The van der Waals surface area contributed by atoms with Crippen molar-refractivity contribution in [2.45, 2.75) is 24.1 Å². The summed E-state index contributed by atoms with van der Waals surface area (Å²) in [6, 6.07) is 5.53. The molecule has 0 aliphatic carbocycles. The monoisotopic (exact) mass is 535 g/mol. The summed E-state index contributed by atoms with van der Waals surface area (Å²) in [5.74, 6) is -1.63. The Bertz CT molecular complexity index is 1370. The second kappa shape index (κ2) is 9.48. The Morgan fingerprint density at radius 2 is 1.47 bits per heavy atom. The summed E-state index contributed by atoms with van der Waals surface area (Å²) in [5, 5.41) is -0.733. The van der Waals surface area contributed by atoms with Crippen LogP contribution in [0.15, 0.2) is 53.8 Å². The number of hydrogen-bond donors (Lipinski definition) is 0. The first-order chi connectivity index (χ1) is 16.5. The molecule has 6 nitrogen and oxygen atoms in total. The zero-order valence-corrected chi connectivity index (χ0v) is 19.3. The lowest BCUT2D eigenvalue weighted by Crippen LogP contribution is -2.28. The molecule has 192 valence electrons. The minimum Gasteiger partial charge on any atom is -0.336 e. The van der Waals surface area contributed by atoms with Crippen molar-refractivity contribution in [1.29, 1.82) is 0 Å². The highest BCUT2D eigenvalue weighted by Crippen LogP contribution is 2.36. The molecule has 0 aliphatic rings. The van der Waals surface area contributed by atoms with Crippen molar-refractivity contribution in [3.05, 3.63) is 76.9 Å². The molecule has 0 saturated carbocycles. The fraction of sp³-hybridized carbons (Fsp3) is 0.227. The van der Waals surface area contributed by atoms with Crippen LogP contribution < -0.4 is 0 Å². The maximum absolute atomic E-state index is 13.3. The van der Waals surface area contributed by atoms with Gasteiger partial charge in [0.25, 0.3) is 5.91 Å². The highest BCUT2D eigenvalue weighted by molar-refractivity contribution is 7.90. The summed E-state index contributed by atoms with van der Waals surface area (Å²) >= 11 is 0. The van der Waals surface area contributed by atoms with E-state index in [1.165, 1.54) is 12.1 Å². The van der Waals surface area contributed by atoms with Crippen molar-refractivity contribution in [3.63, 3.8) is 0 Å². The Labute approximate surface area is 200 Å². The van der Waals surface area contributed by atoms with Gasteiger partial charge in [0.1, 0.15) is 11.5 Å². The number of hydrogen-bond acceptors (Lipinski definition) is 5. The molecule has 2 aromatic carbocycles. The zero-order valence-electron chi connectivity index (χ0n) is 18.4. The van der Waals surface area contributed by atoms with E-state index in [0.29, 0.717) is 12.1 Å². The Morgan fingerprint density at radius 3 is 1.94 bits per heavy atom. The molecule has 1 aromatic heterocycles. The van der Waals surface area contributed by atoms with Gasteiger partial charge in [0.2, 0.25) is 15.0 Å². The molecule has 0 aliphatic heterocycles. The number of halogens is 7. The first-order valence-electron chi connectivity index (χ1n) is 9.83. The lowest BCUT2D eigenvalue weighted by molar-refractivity contribution is -0.143. The molecule has 36 heavy (non-hydrogen) atoms. The quantitative estimate of drug-likeness (QED) is 0.340. The van der Waals surface area contributed by atoms with Gasteiger partial charge in [-0.2, -0.15) is 26.3 Å². The Hall–Kier alpha value is -3.55. The number of rotatable bonds is 5. The van der Waals surface area contributed by atoms with Crippen molar-refractivity contribution in [2.24, 2.45) is 0 Å². The van der Waals surface area contributed by atoms with Crippen molar-refractivity contribution >= 4 is 15.7 Å². The number of carbonyl (C=O) groups is 1. The minimum absolute atomic E-state index is 0.0285. The molecule has 0 unspecified atom stereocenters. The summed E-state index contributed by atoms with van der Waals surface area (Å²) in [4.78, 5) is 21.4. The maximum atomic E-state index is 13.3. The molecule has 1 heterocycles. The van der Waals surface area contributed by atoms with E-state index in [9.17, 15) is 43.9 Å². The van der Waals surface area contributed by atoms with Crippen molar-refractivity contribution in [3.8, 4) is 11.1 Å². The first-order valence-corrected chi connectivity index (χ1v) is 11.7. The lowest BCUT2D eigenvalue weighted by Gasteiger charge is -2.21. The van der Waals surface area contributed by atoms with E-state index in [1.807, 2.05) is 0 Å². The van der Waals surface area contributed by atoms with E-state index in [0.717, 1.165) is 36.5 Å². The van der Waals surface area contributed by atoms with Gasteiger partial charge in [0, 0.05) is 31.6 Å². The fourth-order valence-electron chi connectivity index (χ4n) is 3.19. The molecule has 0 radical (unpaired) electrons. The standard InChI is InChI=1S/C22H16F7N3O3S/c1-32(11-12-7-14(21(24,25)26)9-15(8-12)22(27,28)29)19(33)18-17(13-3-5-16(23)6-4-13)10-30-20(31-18)36(2,34)35/h3-10H,11H2,1-2H3. The van der Waals surface area contributed by atoms with E-state index in [2.05, 4.69) is 9.97 Å². The number of sulfone groups is 1.